The molecule has 106 valence electrons. The summed E-state index contributed by atoms with van der Waals surface area (Å²) in [6.07, 6.45) is 3.46. The summed E-state index contributed by atoms with van der Waals surface area (Å²) in [5, 5.41) is 10.9. The predicted molar refractivity (Wildman–Crippen MR) is 86.2 cm³/mol. The zero-order chi connectivity index (χ0) is 14.8. The van der Waals surface area contributed by atoms with Crippen molar-refractivity contribution in [2.24, 2.45) is 0 Å². The van der Waals surface area contributed by atoms with Gasteiger partial charge in [0.15, 0.2) is 5.78 Å². The summed E-state index contributed by atoms with van der Waals surface area (Å²) in [6.45, 7) is 0. The second kappa shape index (κ2) is 5.83. The number of Topliss-reactive ketones (excluding diaryl/α,β-unsaturated/α-hetero) is 1. The number of hydrogen-bond acceptors (Lipinski definition) is 6. The fourth-order valence-electron chi connectivity index (χ4n) is 2.07. The van der Waals surface area contributed by atoms with Crippen molar-refractivity contribution in [2.75, 3.05) is 7.11 Å². The number of methoxy groups -OCH3 is 1. The summed E-state index contributed by atoms with van der Waals surface area (Å²) < 4.78 is 5.18. The van der Waals surface area contributed by atoms with Crippen LogP contribution in [0.1, 0.15) is 16.5 Å². The number of rotatable bonds is 3. The van der Waals surface area contributed by atoms with Crippen LogP contribution in [0.25, 0.3) is 6.08 Å². The van der Waals surface area contributed by atoms with Crippen LogP contribution < -0.4 is 4.74 Å². The van der Waals surface area contributed by atoms with Crippen LogP contribution in [0.3, 0.4) is 0 Å². The molecule has 0 saturated carbocycles. The van der Waals surface area contributed by atoms with Crippen molar-refractivity contribution in [1.82, 2.24) is 4.98 Å². The summed E-state index contributed by atoms with van der Waals surface area (Å²) in [6, 6.07) is 7.50. The summed E-state index contributed by atoms with van der Waals surface area (Å²) in [5.74, 6) is 0.154. The van der Waals surface area contributed by atoms with Crippen molar-refractivity contribution in [1.29, 1.82) is 5.41 Å². The van der Waals surface area contributed by atoms with Gasteiger partial charge in [-0.1, -0.05) is 23.9 Å². The average molecular weight is 316 g/mol. The minimum absolute atomic E-state index is 0.0530. The second-order valence-electron chi connectivity index (χ2n) is 4.42. The lowest BCUT2D eigenvalue weighted by Crippen LogP contribution is -2.11. The Labute approximate surface area is 130 Å². The molecule has 2 aromatic rings. The van der Waals surface area contributed by atoms with Crippen molar-refractivity contribution in [3.63, 3.8) is 0 Å². The van der Waals surface area contributed by atoms with E-state index in [1.54, 1.807) is 19.4 Å². The number of ether oxygens (including phenoxy) is 1. The fourth-order valence-corrected chi connectivity index (χ4v) is 3.88. The van der Waals surface area contributed by atoms with E-state index in [4.69, 9.17) is 10.1 Å². The van der Waals surface area contributed by atoms with Crippen molar-refractivity contribution in [2.45, 2.75) is 5.92 Å². The molecule has 0 amide bonds. The summed E-state index contributed by atoms with van der Waals surface area (Å²) in [4.78, 5) is 17.2. The lowest BCUT2D eigenvalue weighted by molar-refractivity contribution is -0.114. The van der Waals surface area contributed by atoms with E-state index in [-0.39, 0.29) is 5.78 Å². The normalized spacial score (nSPS) is 20.2. The van der Waals surface area contributed by atoms with E-state index in [1.165, 1.54) is 23.1 Å². The number of thiazole rings is 1. The molecule has 1 aromatic heterocycles. The first-order valence-corrected chi connectivity index (χ1v) is 7.94. The Morgan fingerprint density at radius 3 is 3.00 bits per heavy atom. The second-order valence-corrected chi connectivity index (χ2v) is 6.43. The number of allylic oxidation sites excluding steroid dienone is 1. The van der Waals surface area contributed by atoms with E-state index in [1.807, 2.05) is 29.6 Å². The van der Waals surface area contributed by atoms with E-state index >= 15 is 0 Å². The van der Waals surface area contributed by atoms with Gasteiger partial charge in [0.25, 0.3) is 0 Å². The third-order valence-corrected chi connectivity index (χ3v) is 4.91. The maximum Gasteiger partial charge on any atom is 0.186 e. The quantitative estimate of drug-likeness (QED) is 0.879. The van der Waals surface area contributed by atoms with Gasteiger partial charge in [-0.15, -0.1) is 11.3 Å². The zero-order valence-electron chi connectivity index (χ0n) is 11.2. The van der Waals surface area contributed by atoms with E-state index in [2.05, 4.69) is 4.98 Å². The molecule has 1 N–H and O–H groups in total. The van der Waals surface area contributed by atoms with Gasteiger partial charge in [-0.25, -0.2) is 4.98 Å². The van der Waals surface area contributed by atoms with E-state index < -0.39 is 5.92 Å². The van der Waals surface area contributed by atoms with Crippen LogP contribution in [-0.2, 0) is 4.79 Å². The van der Waals surface area contributed by atoms with Crippen LogP contribution in [0.15, 0.2) is 40.7 Å². The number of nitrogens with one attached hydrogen (secondary N) is 1. The third kappa shape index (κ3) is 2.77. The first-order chi connectivity index (χ1) is 10.2. The molecule has 1 atom stereocenters. The predicted octanol–water partition coefficient (Wildman–Crippen LogP) is 3.57. The van der Waals surface area contributed by atoms with Gasteiger partial charge in [-0.2, -0.15) is 0 Å². The Hall–Kier alpha value is -1.92. The SMILES string of the molecule is COc1cccc(/C=C2\SC(=N)[C@H](c3nccs3)C2=O)c1. The molecule has 1 aromatic carbocycles. The van der Waals surface area contributed by atoms with Crippen LogP contribution in [0.5, 0.6) is 5.75 Å². The van der Waals surface area contributed by atoms with Gasteiger partial charge in [0.1, 0.15) is 16.7 Å². The van der Waals surface area contributed by atoms with Gasteiger partial charge < -0.3 is 4.74 Å². The Kier molecular flexibility index (Phi) is 3.90. The Morgan fingerprint density at radius 2 is 2.29 bits per heavy atom. The van der Waals surface area contributed by atoms with Gasteiger partial charge in [0, 0.05) is 11.6 Å². The van der Waals surface area contributed by atoms with Crippen molar-refractivity contribution >= 4 is 40.0 Å². The largest absolute Gasteiger partial charge is 0.497 e. The molecule has 2 heterocycles. The molecule has 21 heavy (non-hydrogen) atoms. The van der Waals surface area contributed by atoms with Gasteiger partial charge in [-0.05, 0) is 23.8 Å². The van der Waals surface area contributed by atoms with Gasteiger partial charge in [-0.3, -0.25) is 10.2 Å². The topological polar surface area (TPSA) is 63.0 Å². The number of carbonyl (C=O) groups is 1. The molecule has 1 fully saturated rings. The highest BCUT2D eigenvalue weighted by molar-refractivity contribution is 8.19. The highest BCUT2D eigenvalue weighted by Crippen LogP contribution is 2.41. The number of ketones is 1. The Balaban J connectivity index is 1.91. The fraction of sp³-hybridized carbons (Fsp3) is 0.133. The molecule has 3 rings (SSSR count). The molecule has 6 heteroatoms. The molecule has 1 aliphatic heterocycles. The molecule has 1 saturated heterocycles. The first-order valence-electron chi connectivity index (χ1n) is 6.24. The average Bonchev–Trinajstić information content (AvgIpc) is 3.08. The minimum Gasteiger partial charge on any atom is -0.497 e. The van der Waals surface area contributed by atoms with Crippen LogP contribution >= 0.6 is 23.1 Å². The molecular weight excluding hydrogens is 304 g/mol. The number of thioether (sulfide) groups is 1. The monoisotopic (exact) mass is 316 g/mol. The Bertz CT molecular complexity index is 723. The first kappa shape index (κ1) is 14.0. The number of aromatic nitrogens is 1. The minimum atomic E-state index is -0.535. The van der Waals surface area contributed by atoms with E-state index in [9.17, 15) is 4.79 Å². The third-order valence-electron chi connectivity index (χ3n) is 3.08. The molecule has 0 aliphatic carbocycles. The van der Waals surface area contributed by atoms with Crippen LogP contribution in [0.2, 0.25) is 0 Å². The lowest BCUT2D eigenvalue weighted by Gasteiger charge is -2.02. The maximum atomic E-state index is 12.5. The highest BCUT2D eigenvalue weighted by atomic mass is 32.2. The number of nitrogens with zero attached hydrogens (tertiary/aromatic N) is 1. The standard InChI is InChI=1S/C15H12N2O2S2/c1-19-10-4-2-3-9(7-10)8-11-13(18)12(14(16)21-11)15-17-5-6-20-15/h2-8,12,16H,1H3/b11-8-,16-14?/t12-/m1/s1. The molecule has 0 unspecified atom stereocenters. The van der Waals surface area contributed by atoms with Gasteiger partial charge >= 0.3 is 0 Å². The smallest absolute Gasteiger partial charge is 0.186 e. The number of carbonyl (C=O) groups excluding carboxylic acids is 1. The molecule has 1 aliphatic rings. The van der Waals surface area contributed by atoms with E-state index in [0.717, 1.165) is 11.3 Å². The molecule has 4 nitrogen and oxygen atoms in total. The number of benzene rings is 1. The van der Waals surface area contributed by atoms with Crippen LogP contribution in [0.4, 0.5) is 0 Å². The molecule has 0 radical (unpaired) electrons. The maximum absolute atomic E-state index is 12.5. The van der Waals surface area contributed by atoms with Crippen molar-refractivity contribution < 1.29 is 9.53 Å². The van der Waals surface area contributed by atoms with Gasteiger partial charge in [0.05, 0.1) is 17.1 Å². The van der Waals surface area contributed by atoms with Gasteiger partial charge in [0.2, 0.25) is 0 Å². The van der Waals surface area contributed by atoms with Crippen molar-refractivity contribution in [3.8, 4) is 5.75 Å². The highest BCUT2D eigenvalue weighted by Gasteiger charge is 2.38. The number of hydrogen-bond donors (Lipinski definition) is 1. The molecule has 0 bridgehead atoms. The summed E-state index contributed by atoms with van der Waals surface area (Å²) in [5.41, 5.74) is 0.887. The zero-order valence-corrected chi connectivity index (χ0v) is 12.8. The van der Waals surface area contributed by atoms with Crippen molar-refractivity contribution in [3.05, 3.63) is 51.3 Å². The van der Waals surface area contributed by atoms with Crippen LogP contribution in [0, 0.1) is 5.41 Å². The molecular formula is C15H12N2O2S2. The summed E-state index contributed by atoms with van der Waals surface area (Å²) >= 11 is 2.62. The van der Waals surface area contributed by atoms with Crippen LogP contribution in [-0.4, -0.2) is 22.9 Å². The Morgan fingerprint density at radius 1 is 1.43 bits per heavy atom. The molecule has 0 spiro atoms. The summed E-state index contributed by atoms with van der Waals surface area (Å²) in [7, 11) is 1.61. The van der Waals surface area contributed by atoms with E-state index in [0.29, 0.717) is 15.0 Å². The lowest BCUT2D eigenvalue weighted by atomic mass is 10.1.